The number of hydrogen-bond acceptors (Lipinski definition) is 1. The zero-order chi connectivity index (χ0) is 13.4. The number of halogens is 1. The van der Waals surface area contributed by atoms with Gasteiger partial charge in [0.25, 0.3) is 0 Å². The van der Waals surface area contributed by atoms with E-state index in [4.69, 9.17) is 0 Å². The zero-order valence-electron chi connectivity index (χ0n) is 11.9. The summed E-state index contributed by atoms with van der Waals surface area (Å²) in [5, 5.41) is 3.68. The summed E-state index contributed by atoms with van der Waals surface area (Å²) in [5.41, 5.74) is 1.44. The second-order valence-corrected chi connectivity index (χ2v) is 6.63. The minimum atomic E-state index is 0.526. The molecule has 1 aromatic rings. The summed E-state index contributed by atoms with van der Waals surface area (Å²) >= 11 is 2.40. The van der Waals surface area contributed by atoms with Crippen molar-refractivity contribution < 1.29 is 0 Å². The lowest BCUT2D eigenvalue weighted by atomic mass is 9.98. The third kappa shape index (κ3) is 6.19. The molecule has 0 saturated carbocycles. The summed E-state index contributed by atoms with van der Waals surface area (Å²) in [6.07, 6.45) is 5.08. The Hall–Kier alpha value is -0.0900. The van der Waals surface area contributed by atoms with Gasteiger partial charge in [-0.25, -0.2) is 0 Å². The summed E-state index contributed by atoms with van der Waals surface area (Å²) in [6.45, 7) is 7.95. The van der Waals surface area contributed by atoms with Crippen LogP contribution in [0.5, 0.6) is 0 Å². The van der Waals surface area contributed by atoms with Crippen LogP contribution in [0.2, 0.25) is 0 Å². The summed E-state index contributed by atoms with van der Waals surface area (Å²) in [4.78, 5) is 0. The van der Waals surface area contributed by atoms with Crippen molar-refractivity contribution in [2.45, 2.75) is 52.5 Å². The normalized spacial score (nSPS) is 12.9. The first kappa shape index (κ1) is 16.0. The van der Waals surface area contributed by atoms with Gasteiger partial charge in [0.2, 0.25) is 0 Å². The molecule has 102 valence electrons. The Morgan fingerprint density at radius 3 is 2.61 bits per heavy atom. The first-order chi connectivity index (χ1) is 8.63. The molecule has 0 aliphatic rings. The van der Waals surface area contributed by atoms with E-state index in [0.29, 0.717) is 6.04 Å². The van der Waals surface area contributed by atoms with Gasteiger partial charge in [0.15, 0.2) is 0 Å². The maximum absolute atomic E-state index is 3.68. The molecule has 0 aromatic heterocycles. The van der Waals surface area contributed by atoms with Crippen LogP contribution in [-0.2, 0) is 0 Å². The smallest absolute Gasteiger partial charge is 0.0320 e. The Bertz CT molecular complexity index is 336. The molecule has 0 spiro atoms. The maximum Gasteiger partial charge on any atom is 0.0320 e. The molecule has 1 nitrogen and oxygen atoms in total. The van der Waals surface area contributed by atoms with Gasteiger partial charge in [-0.1, -0.05) is 45.7 Å². The molecule has 0 amide bonds. The largest absolute Gasteiger partial charge is 0.310 e. The molecule has 1 N–H and O–H groups in total. The lowest BCUT2D eigenvalue weighted by Crippen LogP contribution is -2.22. The molecular weight excluding hydrogens is 333 g/mol. The monoisotopic (exact) mass is 359 g/mol. The molecule has 1 aromatic carbocycles. The number of nitrogens with one attached hydrogen (secondary N) is 1. The molecule has 0 bridgehead atoms. The van der Waals surface area contributed by atoms with E-state index in [1.807, 2.05) is 0 Å². The molecule has 0 radical (unpaired) electrons. The van der Waals surface area contributed by atoms with E-state index < -0.39 is 0 Å². The minimum Gasteiger partial charge on any atom is -0.310 e. The van der Waals surface area contributed by atoms with Crippen molar-refractivity contribution in [3.8, 4) is 0 Å². The summed E-state index contributed by atoms with van der Waals surface area (Å²) < 4.78 is 1.33. The van der Waals surface area contributed by atoms with Gasteiger partial charge < -0.3 is 5.32 Å². The summed E-state index contributed by atoms with van der Waals surface area (Å²) in [7, 11) is 0. The molecule has 0 saturated heterocycles. The fourth-order valence-corrected chi connectivity index (χ4v) is 2.73. The van der Waals surface area contributed by atoms with Gasteiger partial charge in [-0.3, -0.25) is 0 Å². The van der Waals surface area contributed by atoms with Gasteiger partial charge in [0.1, 0.15) is 0 Å². The Balaban J connectivity index is 2.59. The second kappa shape index (κ2) is 8.92. The van der Waals surface area contributed by atoms with Gasteiger partial charge in [-0.15, -0.1) is 0 Å². The first-order valence-corrected chi connectivity index (χ1v) is 8.20. The highest BCUT2D eigenvalue weighted by Gasteiger charge is 2.10. The van der Waals surface area contributed by atoms with Crippen LogP contribution in [0.4, 0.5) is 0 Å². The molecule has 2 heteroatoms. The number of benzene rings is 1. The van der Waals surface area contributed by atoms with E-state index in [2.05, 4.69) is 72.9 Å². The Morgan fingerprint density at radius 1 is 1.22 bits per heavy atom. The Kier molecular flexibility index (Phi) is 7.91. The fraction of sp³-hybridized carbons (Fsp3) is 0.625. The van der Waals surface area contributed by atoms with E-state index >= 15 is 0 Å². The van der Waals surface area contributed by atoms with Crippen LogP contribution >= 0.6 is 22.6 Å². The topological polar surface area (TPSA) is 12.0 Å². The summed E-state index contributed by atoms with van der Waals surface area (Å²) in [6, 6.07) is 9.42. The Labute approximate surface area is 126 Å². The highest BCUT2D eigenvalue weighted by atomic mass is 127. The van der Waals surface area contributed by atoms with E-state index in [-0.39, 0.29) is 0 Å². The van der Waals surface area contributed by atoms with Crippen LogP contribution in [0.25, 0.3) is 0 Å². The predicted molar refractivity (Wildman–Crippen MR) is 88.9 cm³/mol. The van der Waals surface area contributed by atoms with E-state index in [1.54, 1.807) is 0 Å². The van der Waals surface area contributed by atoms with Gasteiger partial charge in [-0.05, 0) is 65.6 Å². The average Bonchev–Trinajstić information content (AvgIpc) is 2.33. The van der Waals surface area contributed by atoms with Crippen LogP contribution in [0.1, 0.15) is 58.1 Å². The van der Waals surface area contributed by atoms with Crippen molar-refractivity contribution in [2.75, 3.05) is 6.54 Å². The molecule has 0 aliphatic carbocycles. The van der Waals surface area contributed by atoms with Crippen molar-refractivity contribution in [3.05, 3.63) is 33.4 Å². The van der Waals surface area contributed by atoms with Crippen LogP contribution in [0.15, 0.2) is 24.3 Å². The summed E-state index contributed by atoms with van der Waals surface area (Å²) in [5.74, 6) is 0.813. The predicted octanol–water partition coefficient (Wildman–Crippen LogP) is 5.16. The standard InChI is InChI=1S/C16H26IN/c1-4-11-18-16(10-5-7-13(2)3)14-8-6-9-15(17)12-14/h6,8-9,12-13,16,18H,4-5,7,10-11H2,1-3H3. The van der Waals surface area contributed by atoms with Crippen molar-refractivity contribution in [1.29, 1.82) is 0 Å². The lowest BCUT2D eigenvalue weighted by Gasteiger charge is -2.20. The second-order valence-electron chi connectivity index (χ2n) is 5.39. The molecule has 0 fully saturated rings. The van der Waals surface area contributed by atoms with Crippen LogP contribution in [0.3, 0.4) is 0 Å². The van der Waals surface area contributed by atoms with E-state index in [0.717, 1.165) is 12.5 Å². The van der Waals surface area contributed by atoms with Gasteiger partial charge >= 0.3 is 0 Å². The Morgan fingerprint density at radius 2 is 2.00 bits per heavy atom. The zero-order valence-corrected chi connectivity index (χ0v) is 14.0. The highest BCUT2D eigenvalue weighted by Crippen LogP contribution is 2.22. The molecule has 0 aliphatic heterocycles. The SMILES string of the molecule is CCCNC(CCCC(C)C)c1cccc(I)c1. The third-order valence-corrected chi connectivity index (χ3v) is 3.84. The van der Waals surface area contributed by atoms with Crippen molar-refractivity contribution in [2.24, 2.45) is 5.92 Å². The lowest BCUT2D eigenvalue weighted by molar-refractivity contribution is 0.447. The quantitative estimate of drug-likeness (QED) is 0.633. The molecule has 1 unspecified atom stereocenters. The van der Waals surface area contributed by atoms with Crippen LogP contribution < -0.4 is 5.32 Å². The van der Waals surface area contributed by atoms with Gasteiger partial charge in [0, 0.05) is 9.61 Å². The molecule has 1 atom stereocenters. The average molecular weight is 359 g/mol. The highest BCUT2D eigenvalue weighted by molar-refractivity contribution is 14.1. The fourth-order valence-electron chi connectivity index (χ4n) is 2.16. The molecule has 1 rings (SSSR count). The van der Waals surface area contributed by atoms with Crippen molar-refractivity contribution in [3.63, 3.8) is 0 Å². The van der Waals surface area contributed by atoms with Crippen molar-refractivity contribution in [1.82, 2.24) is 5.32 Å². The number of hydrogen-bond donors (Lipinski definition) is 1. The minimum absolute atomic E-state index is 0.526. The van der Waals surface area contributed by atoms with Crippen LogP contribution in [0, 0.1) is 9.49 Å². The van der Waals surface area contributed by atoms with Gasteiger partial charge in [-0.2, -0.15) is 0 Å². The van der Waals surface area contributed by atoms with Crippen molar-refractivity contribution >= 4 is 22.6 Å². The third-order valence-electron chi connectivity index (χ3n) is 3.17. The van der Waals surface area contributed by atoms with E-state index in [9.17, 15) is 0 Å². The van der Waals surface area contributed by atoms with Gasteiger partial charge in [0.05, 0.1) is 0 Å². The molecule has 0 heterocycles. The first-order valence-electron chi connectivity index (χ1n) is 7.12. The number of rotatable bonds is 8. The molecular formula is C16H26IN. The van der Waals surface area contributed by atoms with Crippen LogP contribution in [-0.4, -0.2) is 6.54 Å². The van der Waals surface area contributed by atoms with E-state index in [1.165, 1.54) is 34.8 Å². The molecule has 18 heavy (non-hydrogen) atoms. The maximum atomic E-state index is 3.68.